The lowest BCUT2D eigenvalue weighted by Gasteiger charge is -2.20. The molecular formula is C47H52N11O11P. The molecule has 2 aliphatic heterocycles. The number of ether oxygens (including phenoxy) is 3. The third kappa shape index (κ3) is 10.8. The number of nitrogens with one attached hydrogen (secondary N) is 4. The normalized spacial score (nSPS) is 15.1. The van der Waals surface area contributed by atoms with Crippen LogP contribution in [-0.2, 0) is 46.3 Å². The number of hydrogen-bond acceptors (Lipinski definition) is 12. The van der Waals surface area contributed by atoms with Crippen molar-refractivity contribution in [1.82, 2.24) is 33.2 Å². The summed E-state index contributed by atoms with van der Waals surface area (Å²) in [6, 6.07) is 13.2. The SMILES string of the molecule is C=C1C[C@H]2C=Nc3cc(OCCCC(=O)Nc4cn(C)c(C(=O)Nc5cc(C(=O)Nc6cc(C(=O)n7ccc8cc(CNP(=O)(O)OCCOC)ccc87)n(C)c6)n(C)c5)n4)c(OC)cc3C(=O)N2C1. The molecule has 6 aromatic rings. The number of aliphatic imine (C=N–C) groups is 1. The number of hydrogen-bond donors (Lipinski definition) is 5. The van der Waals surface area contributed by atoms with E-state index >= 15 is 0 Å². The molecule has 2 aliphatic rings. The minimum absolute atomic E-state index is 0.00224. The fourth-order valence-electron chi connectivity index (χ4n) is 8.13. The maximum absolute atomic E-state index is 13.8. The standard InChI is InChI=1S/C47H52N11O11P/c1-28-16-33-23-48-35-21-40(39(67-6)20-34(35)46(62)58(33)24-28)68-13-7-8-42(59)52-41-27-56(4)43(53-41)45(61)51-31-18-37(54(2)25-31)44(60)50-32-19-38(55(3)26-32)47(63)57-12-11-30-17-29(9-10-36(30)57)22-49-70(64,65)69-15-14-66-5/h9-12,17-21,23,25-27,33H,1,7-8,13-16,22,24H2,2-6H3,(H,50,60)(H,51,61)(H,52,59)(H2,49,64,65)/t33-/m0/s1. The lowest BCUT2D eigenvalue weighted by molar-refractivity contribution is -0.116. The highest BCUT2D eigenvalue weighted by Crippen LogP contribution is 2.39. The lowest BCUT2D eigenvalue weighted by atomic mass is 10.1. The van der Waals surface area contributed by atoms with Crippen molar-refractivity contribution in [2.75, 3.05) is 56.5 Å². The first kappa shape index (κ1) is 48.8. The molecule has 0 bridgehead atoms. The molecule has 0 aliphatic carbocycles. The van der Waals surface area contributed by atoms with Crippen LogP contribution in [0, 0.1) is 0 Å². The van der Waals surface area contributed by atoms with Gasteiger partial charge in [0.2, 0.25) is 11.7 Å². The summed E-state index contributed by atoms with van der Waals surface area (Å²) in [6.07, 6.45) is 9.12. The average molecular weight is 978 g/mol. The van der Waals surface area contributed by atoms with E-state index in [0.717, 1.165) is 11.0 Å². The van der Waals surface area contributed by atoms with Gasteiger partial charge in [0, 0.05) is 90.2 Å². The topological polar surface area (TPSA) is 256 Å². The number of methoxy groups -OCH3 is 2. The molecule has 1 saturated heterocycles. The smallest absolute Gasteiger partial charge is 0.403 e. The van der Waals surface area contributed by atoms with Crippen LogP contribution in [-0.4, -0.2) is 115 Å². The maximum atomic E-state index is 13.8. The number of aryl methyl sites for hydroxylation is 3. The molecule has 0 radical (unpaired) electrons. The summed E-state index contributed by atoms with van der Waals surface area (Å²) in [5.74, 6) is -1.03. The van der Waals surface area contributed by atoms with Crippen LogP contribution in [0.1, 0.15) is 66.8 Å². The van der Waals surface area contributed by atoms with Gasteiger partial charge in [-0.2, -0.15) is 0 Å². The number of nitrogens with zero attached hydrogens (tertiary/aromatic N) is 7. The lowest BCUT2D eigenvalue weighted by Crippen LogP contribution is -2.35. The molecule has 4 amide bonds. The van der Waals surface area contributed by atoms with E-state index in [-0.39, 0.29) is 79.6 Å². The molecule has 22 nitrogen and oxygen atoms in total. The van der Waals surface area contributed by atoms with Crippen molar-refractivity contribution < 1.29 is 52.2 Å². The van der Waals surface area contributed by atoms with E-state index in [1.54, 1.807) is 97.9 Å². The Morgan fingerprint density at radius 3 is 2.37 bits per heavy atom. The second-order valence-corrected chi connectivity index (χ2v) is 18.4. The van der Waals surface area contributed by atoms with Crippen molar-refractivity contribution >= 4 is 77.3 Å². The van der Waals surface area contributed by atoms with Gasteiger partial charge in [0.05, 0.1) is 61.1 Å². The van der Waals surface area contributed by atoms with Gasteiger partial charge in [-0.1, -0.05) is 18.2 Å². The Morgan fingerprint density at radius 2 is 1.61 bits per heavy atom. The predicted molar refractivity (Wildman–Crippen MR) is 259 cm³/mol. The molecule has 1 unspecified atom stereocenters. The first-order valence-electron chi connectivity index (χ1n) is 22.0. The van der Waals surface area contributed by atoms with Gasteiger partial charge in [0.25, 0.3) is 23.6 Å². The fourth-order valence-corrected chi connectivity index (χ4v) is 8.93. The Kier molecular flexibility index (Phi) is 14.3. The second kappa shape index (κ2) is 20.5. The quantitative estimate of drug-likeness (QED) is 0.0388. The minimum atomic E-state index is -4.04. The number of rotatable bonds is 19. The van der Waals surface area contributed by atoms with Gasteiger partial charge in [-0.05, 0) is 54.8 Å². The molecule has 6 heterocycles. The summed E-state index contributed by atoms with van der Waals surface area (Å²) in [5, 5.41) is 11.5. The third-order valence-corrected chi connectivity index (χ3v) is 12.7. The third-order valence-electron chi connectivity index (χ3n) is 11.6. The van der Waals surface area contributed by atoms with Gasteiger partial charge in [-0.3, -0.25) is 38.1 Å². The molecule has 23 heteroatoms. The van der Waals surface area contributed by atoms with Gasteiger partial charge >= 0.3 is 7.75 Å². The van der Waals surface area contributed by atoms with Crippen LogP contribution in [0.5, 0.6) is 11.5 Å². The van der Waals surface area contributed by atoms with E-state index in [2.05, 4.69) is 37.6 Å². The molecule has 8 rings (SSSR count). The Balaban J connectivity index is 0.821. The fraction of sp³-hybridized carbons (Fsp3) is 0.298. The zero-order valence-electron chi connectivity index (χ0n) is 39.1. The number of imidazole rings is 1. The number of fused-ring (bicyclic) bond motifs is 3. The van der Waals surface area contributed by atoms with Crippen LogP contribution in [0.15, 0.2) is 90.5 Å². The highest BCUT2D eigenvalue weighted by molar-refractivity contribution is 7.50. The van der Waals surface area contributed by atoms with E-state index in [1.165, 1.54) is 40.2 Å². The minimum Gasteiger partial charge on any atom is -0.493 e. The first-order chi connectivity index (χ1) is 33.5. The van der Waals surface area contributed by atoms with Gasteiger partial charge in [-0.25, -0.2) is 14.6 Å². The summed E-state index contributed by atoms with van der Waals surface area (Å²) >= 11 is 0. The Morgan fingerprint density at radius 1 is 0.871 bits per heavy atom. The van der Waals surface area contributed by atoms with Gasteiger partial charge in [0.1, 0.15) is 11.4 Å². The summed E-state index contributed by atoms with van der Waals surface area (Å²) in [7, 11) is 3.83. The molecule has 2 aromatic carbocycles. The van der Waals surface area contributed by atoms with Crippen LogP contribution in [0.25, 0.3) is 10.9 Å². The Labute approximate surface area is 401 Å². The van der Waals surface area contributed by atoms with E-state index in [9.17, 15) is 33.4 Å². The Hall–Kier alpha value is -7.62. The number of amides is 4. The number of anilines is 3. The van der Waals surface area contributed by atoms with Crippen molar-refractivity contribution in [3.8, 4) is 11.5 Å². The highest BCUT2D eigenvalue weighted by atomic mass is 31.2. The van der Waals surface area contributed by atoms with Crippen molar-refractivity contribution in [2.45, 2.75) is 31.8 Å². The molecule has 5 N–H and O–H groups in total. The van der Waals surface area contributed by atoms with E-state index < -0.39 is 19.6 Å². The second-order valence-electron chi connectivity index (χ2n) is 16.7. The predicted octanol–water partition coefficient (Wildman–Crippen LogP) is 5.39. The number of benzene rings is 2. The zero-order valence-corrected chi connectivity index (χ0v) is 39.9. The largest absolute Gasteiger partial charge is 0.493 e. The highest BCUT2D eigenvalue weighted by Gasteiger charge is 2.34. The summed E-state index contributed by atoms with van der Waals surface area (Å²) in [5.41, 5.74) is 4.32. The van der Waals surface area contributed by atoms with Crippen LogP contribution >= 0.6 is 7.75 Å². The van der Waals surface area contributed by atoms with Crippen molar-refractivity contribution in [2.24, 2.45) is 26.1 Å². The summed E-state index contributed by atoms with van der Waals surface area (Å²) in [4.78, 5) is 87.4. The molecule has 4 aromatic heterocycles. The summed E-state index contributed by atoms with van der Waals surface area (Å²) < 4.78 is 39.6. The number of carbonyl (C=O) groups is 5. The van der Waals surface area contributed by atoms with Crippen LogP contribution in [0.4, 0.5) is 22.9 Å². The first-order valence-corrected chi connectivity index (χ1v) is 23.6. The van der Waals surface area contributed by atoms with E-state index in [4.69, 9.17) is 18.7 Å². The number of carbonyl (C=O) groups excluding carboxylic acids is 5. The van der Waals surface area contributed by atoms with Gasteiger partial charge in [0.15, 0.2) is 17.3 Å². The molecule has 0 spiro atoms. The maximum Gasteiger partial charge on any atom is 0.403 e. The molecule has 366 valence electrons. The van der Waals surface area contributed by atoms with Crippen molar-refractivity contribution in [3.05, 3.63) is 114 Å². The molecule has 2 atom stereocenters. The molecular weight excluding hydrogens is 926 g/mol. The average Bonchev–Trinajstić information content (AvgIpc) is 4.15. The molecule has 70 heavy (non-hydrogen) atoms. The van der Waals surface area contributed by atoms with Crippen molar-refractivity contribution in [3.63, 3.8) is 0 Å². The monoisotopic (exact) mass is 977 g/mol. The molecule has 1 fully saturated rings. The number of aromatic nitrogens is 5. The van der Waals surface area contributed by atoms with Crippen LogP contribution < -0.4 is 30.5 Å². The zero-order chi connectivity index (χ0) is 49.9. The molecule has 0 saturated carbocycles. The van der Waals surface area contributed by atoms with Crippen molar-refractivity contribution in [1.29, 1.82) is 0 Å². The van der Waals surface area contributed by atoms with Crippen LogP contribution in [0.3, 0.4) is 0 Å². The van der Waals surface area contributed by atoms with E-state index in [1.807, 2.05) is 0 Å². The van der Waals surface area contributed by atoms with E-state index in [0.29, 0.717) is 64.6 Å². The Bertz CT molecular complexity index is 3130. The van der Waals surface area contributed by atoms with Gasteiger partial charge < -0.3 is 53.7 Å². The summed E-state index contributed by atoms with van der Waals surface area (Å²) in [6.45, 7) is 4.83. The van der Waals surface area contributed by atoms with Gasteiger partial charge in [-0.15, -0.1) is 0 Å². The van der Waals surface area contributed by atoms with Crippen LogP contribution in [0.2, 0.25) is 0 Å².